The molecule has 0 bridgehead atoms. The Labute approximate surface area is 149 Å². The van der Waals surface area contributed by atoms with Crippen LogP contribution in [0.1, 0.15) is 39.2 Å². The molecule has 0 N–H and O–H groups in total. The van der Waals surface area contributed by atoms with E-state index < -0.39 is 11.6 Å². The van der Waals surface area contributed by atoms with Crippen molar-refractivity contribution in [3.63, 3.8) is 0 Å². The molecule has 6 heteroatoms. The SMILES string of the molecule is Cc1ccc(OCC(=O)OC2CCN(C(=O)OC(C)(C)C)CC2)cc1. The number of ether oxygens (including phenoxy) is 3. The van der Waals surface area contributed by atoms with Crippen molar-refractivity contribution in [2.75, 3.05) is 19.7 Å². The number of piperidine rings is 1. The fourth-order valence-electron chi connectivity index (χ4n) is 2.48. The van der Waals surface area contributed by atoms with Crippen LogP contribution >= 0.6 is 0 Å². The van der Waals surface area contributed by atoms with Crippen molar-refractivity contribution >= 4 is 12.1 Å². The standard InChI is InChI=1S/C19H27NO5/c1-14-5-7-15(8-6-14)23-13-17(21)24-16-9-11-20(12-10-16)18(22)25-19(2,3)4/h5-8,16H,9-13H2,1-4H3. The lowest BCUT2D eigenvalue weighted by molar-refractivity contribution is -0.153. The molecule has 1 saturated heterocycles. The average Bonchev–Trinajstić information content (AvgIpc) is 2.53. The largest absolute Gasteiger partial charge is 0.482 e. The molecule has 6 nitrogen and oxygen atoms in total. The average molecular weight is 349 g/mol. The van der Waals surface area contributed by atoms with Crippen LogP contribution in [0, 0.1) is 6.92 Å². The number of nitrogens with zero attached hydrogens (tertiary/aromatic N) is 1. The highest BCUT2D eigenvalue weighted by molar-refractivity contribution is 5.71. The summed E-state index contributed by atoms with van der Waals surface area (Å²) in [5, 5.41) is 0. The van der Waals surface area contributed by atoms with Crippen LogP contribution in [0.15, 0.2) is 24.3 Å². The summed E-state index contributed by atoms with van der Waals surface area (Å²) >= 11 is 0. The summed E-state index contributed by atoms with van der Waals surface area (Å²) in [5.74, 6) is 0.249. The lowest BCUT2D eigenvalue weighted by Gasteiger charge is -2.33. The molecule has 1 heterocycles. The fourth-order valence-corrected chi connectivity index (χ4v) is 2.48. The maximum absolute atomic E-state index is 12.0. The van der Waals surface area contributed by atoms with E-state index in [1.165, 1.54) is 0 Å². The summed E-state index contributed by atoms with van der Waals surface area (Å²) in [7, 11) is 0. The van der Waals surface area contributed by atoms with Gasteiger partial charge in [-0.15, -0.1) is 0 Å². The van der Waals surface area contributed by atoms with E-state index in [1.54, 1.807) is 4.90 Å². The van der Waals surface area contributed by atoms with Gasteiger partial charge in [0.25, 0.3) is 0 Å². The normalized spacial score (nSPS) is 15.6. The Morgan fingerprint density at radius 2 is 1.72 bits per heavy atom. The van der Waals surface area contributed by atoms with E-state index >= 15 is 0 Å². The monoisotopic (exact) mass is 349 g/mol. The zero-order valence-corrected chi connectivity index (χ0v) is 15.4. The molecule has 1 fully saturated rings. The molecular weight excluding hydrogens is 322 g/mol. The number of aryl methyl sites for hydroxylation is 1. The first-order valence-corrected chi connectivity index (χ1v) is 8.60. The lowest BCUT2D eigenvalue weighted by Crippen LogP contribution is -2.44. The molecule has 0 saturated carbocycles. The van der Waals surface area contributed by atoms with Gasteiger partial charge in [0.2, 0.25) is 0 Å². The highest BCUT2D eigenvalue weighted by atomic mass is 16.6. The molecule has 0 unspecified atom stereocenters. The van der Waals surface area contributed by atoms with Crippen molar-refractivity contribution in [3.8, 4) is 5.75 Å². The van der Waals surface area contributed by atoms with Crippen LogP contribution in [0.5, 0.6) is 5.75 Å². The van der Waals surface area contributed by atoms with Gasteiger partial charge in [0.15, 0.2) is 6.61 Å². The van der Waals surface area contributed by atoms with Gasteiger partial charge in [-0.2, -0.15) is 0 Å². The smallest absolute Gasteiger partial charge is 0.410 e. The summed E-state index contributed by atoms with van der Waals surface area (Å²) < 4.78 is 16.2. The summed E-state index contributed by atoms with van der Waals surface area (Å²) in [6.07, 6.45) is 0.707. The Kier molecular flexibility index (Phi) is 6.28. The molecule has 25 heavy (non-hydrogen) atoms. The fraction of sp³-hybridized carbons (Fsp3) is 0.579. The van der Waals surface area contributed by atoms with Crippen molar-refractivity contribution in [2.45, 2.75) is 52.2 Å². The quantitative estimate of drug-likeness (QED) is 0.780. The van der Waals surface area contributed by atoms with Gasteiger partial charge in [0.05, 0.1) is 0 Å². The van der Waals surface area contributed by atoms with E-state index in [0.717, 1.165) is 5.56 Å². The van der Waals surface area contributed by atoms with Gasteiger partial charge in [0.1, 0.15) is 17.5 Å². The maximum Gasteiger partial charge on any atom is 0.410 e. The first-order valence-electron chi connectivity index (χ1n) is 8.60. The van der Waals surface area contributed by atoms with Gasteiger partial charge in [-0.3, -0.25) is 0 Å². The highest BCUT2D eigenvalue weighted by Gasteiger charge is 2.28. The molecule has 0 aliphatic carbocycles. The Bertz CT molecular complexity index is 583. The second-order valence-electron chi connectivity index (χ2n) is 7.26. The number of hydrogen-bond donors (Lipinski definition) is 0. The van der Waals surface area contributed by atoms with E-state index in [4.69, 9.17) is 14.2 Å². The summed E-state index contributed by atoms with van der Waals surface area (Å²) in [6, 6.07) is 7.49. The molecule has 1 amide bonds. The number of rotatable bonds is 4. The number of carbonyl (C=O) groups excluding carboxylic acids is 2. The van der Waals surface area contributed by atoms with Gasteiger partial charge in [-0.05, 0) is 39.8 Å². The van der Waals surface area contributed by atoms with Gasteiger partial charge < -0.3 is 19.1 Å². The van der Waals surface area contributed by atoms with Crippen molar-refractivity contribution < 1.29 is 23.8 Å². The Morgan fingerprint density at radius 3 is 2.28 bits per heavy atom. The zero-order chi connectivity index (χ0) is 18.4. The van der Waals surface area contributed by atoms with Crippen molar-refractivity contribution in [3.05, 3.63) is 29.8 Å². The lowest BCUT2D eigenvalue weighted by atomic mass is 10.1. The number of likely N-dealkylation sites (tertiary alicyclic amines) is 1. The minimum absolute atomic E-state index is 0.116. The Morgan fingerprint density at radius 1 is 1.12 bits per heavy atom. The second-order valence-corrected chi connectivity index (χ2v) is 7.26. The van der Waals surface area contributed by atoms with Crippen molar-refractivity contribution in [1.82, 2.24) is 4.90 Å². The molecule has 1 aromatic carbocycles. The van der Waals surface area contributed by atoms with Crippen molar-refractivity contribution in [2.24, 2.45) is 0 Å². The third-order valence-corrected chi connectivity index (χ3v) is 3.77. The van der Waals surface area contributed by atoms with Crippen LogP contribution in [0.3, 0.4) is 0 Å². The number of esters is 1. The highest BCUT2D eigenvalue weighted by Crippen LogP contribution is 2.18. The molecule has 1 aromatic rings. The second kappa shape index (κ2) is 8.23. The van der Waals surface area contributed by atoms with E-state index in [1.807, 2.05) is 52.0 Å². The van der Waals surface area contributed by atoms with E-state index in [9.17, 15) is 9.59 Å². The number of carbonyl (C=O) groups is 2. The third-order valence-electron chi connectivity index (χ3n) is 3.77. The third kappa shape index (κ3) is 6.64. The molecule has 138 valence electrons. The van der Waals surface area contributed by atoms with Gasteiger partial charge >= 0.3 is 12.1 Å². The first kappa shape index (κ1) is 19.1. The van der Waals surface area contributed by atoms with E-state index in [0.29, 0.717) is 31.7 Å². The van der Waals surface area contributed by atoms with Crippen LogP contribution in [0.25, 0.3) is 0 Å². The summed E-state index contributed by atoms with van der Waals surface area (Å²) in [5.41, 5.74) is 0.625. The summed E-state index contributed by atoms with van der Waals surface area (Å²) in [4.78, 5) is 25.6. The predicted molar refractivity (Wildman–Crippen MR) is 93.6 cm³/mol. The number of amides is 1. The van der Waals surface area contributed by atoms with Crippen molar-refractivity contribution in [1.29, 1.82) is 0 Å². The van der Waals surface area contributed by atoms with Gasteiger partial charge in [0, 0.05) is 25.9 Å². The maximum atomic E-state index is 12.0. The van der Waals surface area contributed by atoms with E-state index in [-0.39, 0.29) is 18.8 Å². The zero-order valence-electron chi connectivity index (χ0n) is 15.4. The number of benzene rings is 1. The molecule has 0 spiro atoms. The minimum Gasteiger partial charge on any atom is -0.482 e. The molecule has 1 aliphatic rings. The molecule has 0 atom stereocenters. The molecule has 1 aliphatic heterocycles. The topological polar surface area (TPSA) is 65.1 Å². The molecule has 0 radical (unpaired) electrons. The molecule has 2 rings (SSSR count). The van der Waals surface area contributed by atoms with Gasteiger partial charge in [-0.1, -0.05) is 17.7 Å². The minimum atomic E-state index is -0.506. The van der Waals surface area contributed by atoms with Crippen LogP contribution < -0.4 is 4.74 Å². The van der Waals surface area contributed by atoms with Crippen LogP contribution in [-0.4, -0.2) is 48.4 Å². The molecular formula is C19H27NO5. The van der Waals surface area contributed by atoms with Crippen LogP contribution in [0.2, 0.25) is 0 Å². The first-order chi connectivity index (χ1) is 11.7. The number of hydrogen-bond acceptors (Lipinski definition) is 5. The molecule has 0 aromatic heterocycles. The van der Waals surface area contributed by atoms with E-state index in [2.05, 4.69) is 0 Å². The Balaban J connectivity index is 1.69. The van der Waals surface area contributed by atoms with Crippen LogP contribution in [0.4, 0.5) is 4.79 Å². The summed E-state index contributed by atoms with van der Waals surface area (Å²) in [6.45, 7) is 8.43. The van der Waals surface area contributed by atoms with Gasteiger partial charge in [-0.25, -0.2) is 9.59 Å². The predicted octanol–water partition coefficient (Wildman–Crippen LogP) is 3.32. The van der Waals surface area contributed by atoms with Crippen LogP contribution in [-0.2, 0) is 14.3 Å². The Hall–Kier alpha value is -2.24.